The number of aromatic amines is 1. The smallest absolute Gasteiger partial charge is 0.411 e. The molecule has 2 atom stereocenters. The van der Waals surface area contributed by atoms with Gasteiger partial charge in [-0.1, -0.05) is 19.1 Å². The summed E-state index contributed by atoms with van der Waals surface area (Å²) in [4.78, 5) is 18.1. The zero-order valence-electron chi connectivity index (χ0n) is 14.5. The van der Waals surface area contributed by atoms with Gasteiger partial charge in [0.2, 0.25) is 0 Å². The molecule has 1 aromatic heterocycles. The van der Waals surface area contributed by atoms with Crippen LogP contribution < -0.4 is 0 Å². The summed E-state index contributed by atoms with van der Waals surface area (Å²) < 4.78 is 5.86. The summed E-state index contributed by atoms with van der Waals surface area (Å²) in [5.74, 6) is 0. The molecule has 1 saturated heterocycles. The molecule has 0 radical (unpaired) electrons. The Morgan fingerprint density at radius 2 is 2.04 bits per heavy atom. The first kappa shape index (κ1) is 14.6. The number of nitrogens with one attached hydrogen (secondary N) is 1. The van der Waals surface area contributed by atoms with E-state index in [2.05, 4.69) is 51.7 Å². The Morgan fingerprint density at radius 1 is 1.30 bits per heavy atom. The van der Waals surface area contributed by atoms with Gasteiger partial charge < -0.3 is 9.72 Å². The molecule has 23 heavy (non-hydrogen) atoms. The fourth-order valence-electron chi connectivity index (χ4n) is 4.55. The van der Waals surface area contributed by atoms with Crippen LogP contribution in [-0.2, 0) is 16.7 Å². The third-order valence-corrected chi connectivity index (χ3v) is 6.37. The highest BCUT2D eigenvalue weighted by Crippen LogP contribution is 2.52. The number of aryl methyl sites for hydroxylation is 2. The number of ether oxygens (including phenoxy) is 1. The van der Waals surface area contributed by atoms with E-state index in [4.69, 9.17) is 4.74 Å². The van der Waals surface area contributed by atoms with E-state index in [9.17, 15) is 4.79 Å². The number of hydrogen-bond donors (Lipinski definition) is 1. The minimum atomic E-state index is -0.515. The highest BCUT2D eigenvalue weighted by atomic mass is 16.6. The highest BCUT2D eigenvalue weighted by molar-refractivity contribution is 5.93. The molecular weight excluding hydrogens is 288 g/mol. The van der Waals surface area contributed by atoms with E-state index in [0.29, 0.717) is 6.54 Å². The van der Waals surface area contributed by atoms with E-state index in [-0.39, 0.29) is 6.09 Å². The van der Waals surface area contributed by atoms with E-state index in [1.807, 2.05) is 4.90 Å². The Hall–Kier alpha value is -1.97. The van der Waals surface area contributed by atoms with Crippen LogP contribution in [0.15, 0.2) is 12.1 Å². The molecule has 4 heteroatoms. The molecule has 0 bridgehead atoms. The highest BCUT2D eigenvalue weighted by Gasteiger charge is 2.60. The third kappa shape index (κ3) is 1.54. The van der Waals surface area contributed by atoms with Crippen molar-refractivity contribution in [3.8, 4) is 0 Å². The number of cyclic esters (lactones) is 1. The van der Waals surface area contributed by atoms with Crippen molar-refractivity contribution >= 4 is 17.0 Å². The summed E-state index contributed by atoms with van der Waals surface area (Å²) in [6.07, 6.45) is 1.48. The minimum absolute atomic E-state index is 0.183. The molecule has 0 saturated carbocycles. The van der Waals surface area contributed by atoms with E-state index < -0.39 is 11.1 Å². The Bertz CT molecular complexity index is 837. The van der Waals surface area contributed by atoms with Crippen LogP contribution in [0.2, 0.25) is 0 Å². The number of amides is 1. The van der Waals surface area contributed by atoms with Crippen molar-refractivity contribution in [3.05, 3.63) is 34.5 Å². The molecular formula is C19H24N2O2. The average molecular weight is 312 g/mol. The van der Waals surface area contributed by atoms with E-state index in [0.717, 1.165) is 12.8 Å². The zero-order valence-corrected chi connectivity index (χ0v) is 14.5. The van der Waals surface area contributed by atoms with Crippen LogP contribution in [-0.4, -0.2) is 28.1 Å². The largest absolute Gasteiger partial charge is 0.440 e. The Labute approximate surface area is 136 Å². The van der Waals surface area contributed by atoms with Crippen molar-refractivity contribution in [2.24, 2.45) is 0 Å². The number of carbonyl (C=O) groups is 1. The van der Waals surface area contributed by atoms with Crippen molar-refractivity contribution < 1.29 is 9.53 Å². The number of benzene rings is 1. The van der Waals surface area contributed by atoms with Crippen molar-refractivity contribution in [1.29, 1.82) is 0 Å². The molecule has 4 rings (SSSR count). The maximum atomic E-state index is 12.6. The van der Waals surface area contributed by atoms with E-state index in [1.165, 1.54) is 33.3 Å². The van der Waals surface area contributed by atoms with Gasteiger partial charge in [-0.3, -0.25) is 4.90 Å². The molecule has 0 spiro atoms. The number of fused-ring (bicyclic) bond motifs is 2. The van der Waals surface area contributed by atoms with Crippen LogP contribution in [0.1, 0.15) is 49.6 Å². The molecule has 2 aromatic rings. The van der Waals surface area contributed by atoms with Crippen LogP contribution in [0.4, 0.5) is 4.79 Å². The monoisotopic (exact) mass is 312 g/mol. The first-order chi connectivity index (χ1) is 10.8. The fourth-order valence-corrected chi connectivity index (χ4v) is 4.55. The van der Waals surface area contributed by atoms with Crippen molar-refractivity contribution in [3.63, 3.8) is 0 Å². The summed E-state index contributed by atoms with van der Waals surface area (Å²) in [6.45, 7) is 11.3. The van der Waals surface area contributed by atoms with Crippen molar-refractivity contribution in [2.75, 3.05) is 6.54 Å². The minimum Gasteiger partial charge on any atom is -0.440 e. The second-order valence-electron chi connectivity index (χ2n) is 7.33. The number of aromatic nitrogens is 1. The maximum Gasteiger partial charge on any atom is 0.411 e. The number of hydrogen-bond acceptors (Lipinski definition) is 2. The zero-order chi connectivity index (χ0) is 16.6. The molecule has 1 N–H and O–H groups in total. The molecule has 4 nitrogen and oxygen atoms in total. The van der Waals surface area contributed by atoms with Crippen LogP contribution in [0, 0.1) is 13.8 Å². The molecule has 1 aromatic carbocycles. The molecule has 1 amide bonds. The second-order valence-corrected chi connectivity index (χ2v) is 7.33. The quantitative estimate of drug-likeness (QED) is 0.858. The predicted molar refractivity (Wildman–Crippen MR) is 90.7 cm³/mol. The summed E-state index contributed by atoms with van der Waals surface area (Å²) in [6, 6.07) is 4.35. The molecule has 2 aliphatic rings. The lowest BCUT2D eigenvalue weighted by Crippen LogP contribution is -2.52. The molecule has 122 valence electrons. The van der Waals surface area contributed by atoms with Gasteiger partial charge in [-0.25, -0.2) is 4.79 Å². The van der Waals surface area contributed by atoms with Gasteiger partial charge in [0.25, 0.3) is 0 Å². The molecule has 0 aliphatic carbocycles. The van der Waals surface area contributed by atoms with Gasteiger partial charge in [0, 0.05) is 23.1 Å². The van der Waals surface area contributed by atoms with Crippen LogP contribution in [0.3, 0.4) is 0 Å². The van der Waals surface area contributed by atoms with Gasteiger partial charge in [-0.15, -0.1) is 0 Å². The first-order valence-electron chi connectivity index (χ1n) is 8.45. The Balaban J connectivity index is 2.12. The van der Waals surface area contributed by atoms with Crippen molar-refractivity contribution in [1.82, 2.24) is 9.88 Å². The molecule has 2 aliphatic heterocycles. The lowest BCUT2D eigenvalue weighted by atomic mass is 9.74. The SMILES string of the molecule is CC[C@@]1(C)OC(=O)N2CCc3c(C)[nH]c4c(C)ccc(c34)[C@]21C. The van der Waals surface area contributed by atoms with Gasteiger partial charge in [-0.05, 0) is 57.2 Å². The fraction of sp³-hybridized carbons (Fsp3) is 0.526. The number of rotatable bonds is 1. The Morgan fingerprint density at radius 3 is 2.74 bits per heavy atom. The predicted octanol–water partition coefficient (Wildman–Crippen LogP) is 4.18. The maximum absolute atomic E-state index is 12.6. The lowest BCUT2D eigenvalue weighted by molar-refractivity contribution is 0.00344. The topological polar surface area (TPSA) is 45.3 Å². The van der Waals surface area contributed by atoms with Gasteiger partial charge in [0.05, 0.1) is 0 Å². The van der Waals surface area contributed by atoms with Gasteiger partial charge >= 0.3 is 6.09 Å². The number of carbonyl (C=O) groups excluding carboxylic acids is 1. The lowest BCUT2D eigenvalue weighted by Gasteiger charge is -2.41. The molecule has 3 heterocycles. The molecule has 0 unspecified atom stereocenters. The van der Waals surface area contributed by atoms with E-state index >= 15 is 0 Å². The Kier molecular flexibility index (Phi) is 2.74. The standard InChI is InChI=1S/C19H24N2O2/c1-6-18(4)19(5)14-8-7-11(2)16-15(14)13(12(3)20-16)9-10-21(19)17(22)23-18/h7-8,20H,6,9-10H2,1-5H3/t18-,19+/m1/s1. The van der Waals surface area contributed by atoms with Crippen LogP contribution in [0.25, 0.3) is 10.9 Å². The van der Waals surface area contributed by atoms with E-state index in [1.54, 1.807) is 0 Å². The third-order valence-electron chi connectivity index (χ3n) is 6.37. The van der Waals surface area contributed by atoms with Gasteiger partial charge in [0.15, 0.2) is 0 Å². The normalized spacial score (nSPS) is 29.6. The summed E-state index contributed by atoms with van der Waals surface area (Å²) >= 11 is 0. The summed E-state index contributed by atoms with van der Waals surface area (Å²) in [5, 5.41) is 1.30. The molecule has 1 fully saturated rings. The number of H-pyrrole nitrogens is 1. The first-order valence-corrected chi connectivity index (χ1v) is 8.45. The van der Waals surface area contributed by atoms with Gasteiger partial charge in [-0.2, -0.15) is 0 Å². The summed E-state index contributed by atoms with van der Waals surface area (Å²) in [5.41, 5.74) is 5.27. The average Bonchev–Trinajstić information content (AvgIpc) is 2.87. The van der Waals surface area contributed by atoms with Crippen LogP contribution >= 0.6 is 0 Å². The second kappa shape index (κ2) is 4.31. The van der Waals surface area contributed by atoms with Gasteiger partial charge in [0.1, 0.15) is 11.1 Å². The van der Waals surface area contributed by atoms with Crippen LogP contribution in [0.5, 0.6) is 0 Å². The summed E-state index contributed by atoms with van der Waals surface area (Å²) in [7, 11) is 0. The number of nitrogens with zero attached hydrogens (tertiary/aromatic N) is 1. The van der Waals surface area contributed by atoms with Crippen molar-refractivity contribution in [2.45, 2.75) is 58.6 Å².